The van der Waals surface area contributed by atoms with Gasteiger partial charge in [-0.2, -0.15) is 0 Å². The molecule has 1 aromatic heterocycles. The van der Waals surface area contributed by atoms with Gasteiger partial charge in [0.2, 0.25) is 0 Å². The predicted molar refractivity (Wildman–Crippen MR) is 103 cm³/mol. The fraction of sp³-hybridized carbons (Fsp3) is 0.143. The van der Waals surface area contributed by atoms with Gasteiger partial charge in [0.1, 0.15) is 5.75 Å². The van der Waals surface area contributed by atoms with Crippen molar-refractivity contribution in [1.29, 1.82) is 0 Å². The Morgan fingerprint density at radius 1 is 1.00 bits per heavy atom. The quantitative estimate of drug-likeness (QED) is 0.674. The van der Waals surface area contributed by atoms with Crippen LogP contribution >= 0.6 is 0 Å². The highest BCUT2D eigenvalue weighted by Gasteiger charge is 2.07. The molecule has 0 aliphatic rings. The fourth-order valence-electron chi connectivity index (χ4n) is 2.48. The highest BCUT2D eigenvalue weighted by atomic mass is 16.5. The summed E-state index contributed by atoms with van der Waals surface area (Å²) >= 11 is 0. The first-order chi connectivity index (χ1) is 12.7. The monoisotopic (exact) mass is 347 g/mol. The standard InChI is InChI=1S/C21H21N3O2/c1-2-26-20-10-8-18(9-11-20)24-19-12-17(14-22-15-19)21(25)23-13-16-6-4-3-5-7-16/h3-12,14-15,24H,2,13H2,1H3,(H,23,25). The van der Waals surface area contributed by atoms with Crippen molar-refractivity contribution in [3.8, 4) is 5.75 Å². The Bertz CT molecular complexity index is 849. The van der Waals surface area contributed by atoms with Crippen molar-refractivity contribution in [2.75, 3.05) is 11.9 Å². The number of anilines is 2. The third-order valence-electron chi connectivity index (χ3n) is 3.75. The minimum absolute atomic E-state index is 0.156. The Balaban J connectivity index is 1.62. The zero-order valence-corrected chi connectivity index (χ0v) is 14.6. The van der Waals surface area contributed by atoms with E-state index in [4.69, 9.17) is 4.74 Å². The van der Waals surface area contributed by atoms with Crippen LogP contribution in [0.4, 0.5) is 11.4 Å². The Morgan fingerprint density at radius 2 is 1.77 bits per heavy atom. The topological polar surface area (TPSA) is 63.2 Å². The Morgan fingerprint density at radius 3 is 2.50 bits per heavy atom. The molecular weight excluding hydrogens is 326 g/mol. The number of amides is 1. The molecule has 5 heteroatoms. The van der Waals surface area contributed by atoms with Gasteiger partial charge in [-0.3, -0.25) is 9.78 Å². The van der Waals surface area contributed by atoms with Crippen molar-refractivity contribution in [1.82, 2.24) is 10.3 Å². The van der Waals surface area contributed by atoms with Gasteiger partial charge >= 0.3 is 0 Å². The van der Waals surface area contributed by atoms with Gasteiger partial charge in [-0.15, -0.1) is 0 Å². The van der Waals surface area contributed by atoms with Crippen LogP contribution in [0.3, 0.4) is 0 Å². The molecule has 0 unspecified atom stereocenters. The first-order valence-corrected chi connectivity index (χ1v) is 8.51. The van der Waals surface area contributed by atoms with E-state index >= 15 is 0 Å². The average Bonchev–Trinajstić information content (AvgIpc) is 2.69. The van der Waals surface area contributed by atoms with E-state index in [-0.39, 0.29) is 5.91 Å². The van der Waals surface area contributed by atoms with Gasteiger partial charge in [0.05, 0.1) is 24.1 Å². The van der Waals surface area contributed by atoms with Gasteiger partial charge in [-0.05, 0) is 42.8 Å². The lowest BCUT2D eigenvalue weighted by molar-refractivity contribution is 0.0950. The number of rotatable bonds is 7. The van der Waals surface area contributed by atoms with Crippen LogP contribution in [0.2, 0.25) is 0 Å². The average molecular weight is 347 g/mol. The number of nitrogens with zero attached hydrogens (tertiary/aromatic N) is 1. The van der Waals surface area contributed by atoms with Crippen LogP contribution < -0.4 is 15.4 Å². The van der Waals surface area contributed by atoms with Crippen LogP contribution in [0, 0.1) is 0 Å². The second kappa shape index (κ2) is 8.67. The third kappa shape index (κ3) is 4.83. The predicted octanol–water partition coefficient (Wildman–Crippen LogP) is 4.15. The van der Waals surface area contributed by atoms with E-state index in [1.807, 2.05) is 61.5 Å². The van der Waals surface area contributed by atoms with E-state index < -0.39 is 0 Å². The zero-order valence-electron chi connectivity index (χ0n) is 14.6. The molecule has 2 aromatic carbocycles. The highest BCUT2D eigenvalue weighted by Crippen LogP contribution is 2.20. The molecule has 0 saturated heterocycles. The molecule has 0 fully saturated rings. The van der Waals surface area contributed by atoms with Crippen LogP contribution in [0.25, 0.3) is 0 Å². The normalized spacial score (nSPS) is 10.2. The summed E-state index contributed by atoms with van der Waals surface area (Å²) in [6, 6.07) is 19.2. The number of aromatic nitrogens is 1. The van der Waals surface area contributed by atoms with Crippen molar-refractivity contribution < 1.29 is 9.53 Å². The number of ether oxygens (including phenoxy) is 1. The smallest absolute Gasteiger partial charge is 0.253 e. The van der Waals surface area contributed by atoms with E-state index in [1.165, 1.54) is 0 Å². The molecule has 0 spiro atoms. The number of hydrogen-bond donors (Lipinski definition) is 2. The number of benzene rings is 2. The van der Waals surface area contributed by atoms with Gasteiger partial charge in [0.25, 0.3) is 5.91 Å². The van der Waals surface area contributed by atoms with Crippen molar-refractivity contribution in [2.45, 2.75) is 13.5 Å². The lowest BCUT2D eigenvalue weighted by atomic mass is 10.2. The third-order valence-corrected chi connectivity index (χ3v) is 3.75. The molecule has 1 amide bonds. The first-order valence-electron chi connectivity index (χ1n) is 8.51. The minimum atomic E-state index is -0.156. The van der Waals surface area contributed by atoms with Crippen LogP contribution in [-0.4, -0.2) is 17.5 Å². The summed E-state index contributed by atoms with van der Waals surface area (Å²) in [5.74, 6) is 0.668. The molecule has 0 aliphatic carbocycles. The van der Waals surface area contributed by atoms with Gasteiger partial charge in [0.15, 0.2) is 0 Å². The van der Waals surface area contributed by atoms with Crippen LogP contribution in [0.1, 0.15) is 22.8 Å². The summed E-state index contributed by atoms with van der Waals surface area (Å²) in [4.78, 5) is 16.5. The lowest BCUT2D eigenvalue weighted by Gasteiger charge is -2.10. The molecule has 1 heterocycles. The van der Waals surface area contributed by atoms with E-state index in [1.54, 1.807) is 18.5 Å². The second-order valence-corrected chi connectivity index (χ2v) is 5.71. The fourth-order valence-corrected chi connectivity index (χ4v) is 2.48. The molecule has 3 aromatic rings. The van der Waals surface area contributed by atoms with E-state index in [0.717, 1.165) is 22.7 Å². The van der Waals surface area contributed by atoms with E-state index in [0.29, 0.717) is 18.7 Å². The molecule has 2 N–H and O–H groups in total. The molecule has 0 bridgehead atoms. The summed E-state index contributed by atoms with van der Waals surface area (Å²) in [5.41, 5.74) is 3.22. The van der Waals surface area contributed by atoms with Gasteiger partial charge in [0, 0.05) is 18.4 Å². The number of carbonyl (C=O) groups excluding carboxylic acids is 1. The van der Waals surface area contributed by atoms with Crippen LogP contribution in [-0.2, 0) is 6.54 Å². The lowest BCUT2D eigenvalue weighted by Crippen LogP contribution is -2.22. The van der Waals surface area contributed by atoms with Crippen molar-refractivity contribution >= 4 is 17.3 Å². The maximum Gasteiger partial charge on any atom is 0.253 e. The molecule has 132 valence electrons. The molecule has 26 heavy (non-hydrogen) atoms. The highest BCUT2D eigenvalue weighted by molar-refractivity contribution is 5.94. The maximum atomic E-state index is 12.3. The summed E-state index contributed by atoms with van der Waals surface area (Å²) in [5, 5.41) is 6.15. The van der Waals surface area contributed by atoms with Gasteiger partial charge in [-0.25, -0.2) is 0 Å². The first kappa shape index (κ1) is 17.5. The van der Waals surface area contributed by atoms with Crippen molar-refractivity contribution in [3.63, 3.8) is 0 Å². The van der Waals surface area contributed by atoms with Crippen molar-refractivity contribution in [2.24, 2.45) is 0 Å². The second-order valence-electron chi connectivity index (χ2n) is 5.71. The summed E-state index contributed by atoms with van der Waals surface area (Å²) in [6.45, 7) is 3.07. The molecule has 5 nitrogen and oxygen atoms in total. The molecule has 3 rings (SSSR count). The molecule has 0 saturated carbocycles. The largest absolute Gasteiger partial charge is 0.494 e. The maximum absolute atomic E-state index is 12.3. The number of carbonyl (C=O) groups is 1. The number of hydrogen-bond acceptors (Lipinski definition) is 4. The minimum Gasteiger partial charge on any atom is -0.494 e. The molecule has 0 radical (unpaired) electrons. The molecular formula is C21H21N3O2. The zero-order chi connectivity index (χ0) is 18.2. The van der Waals surface area contributed by atoms with Crippen molar-refractivity contribution in [3.05, 3.63) is 84.2 Å². The Labute approximate surface area is 153 Å². The molecule has 0 aliphatic heterocycles. The summed E-state index contributed by atoms with van der Waals surface area (Å²) in [6.07, 6.45) is 3.24. The van der Waals surface area contributed by atoms with Gasteiger partial charge in [-0.1, -0.05) is 30.3 Å². The van der Waals surface area contributed by atoms with Gasteiger partial charge < -0.3 is 15.4 Å². The summed E-state index contributed by atoms with van der Waals surface area (Å²) < 4.78 is 5.43. The Hall–Kier alpha value is -3.34. The SMILES string of the molecule is CCOc1ccc(Nc2cncc(C(=O)NCc3ccccc3)c2)cc1. The number of nitrogens with one attached hydrogen (secondary N) is 2. The van der Waals surface area contributed by atoms with Crippen LogP contribution in [0.15, 0.2) is 73.1 Å². The van der Waals surface area contributed by atoms with E-state index in [9.17, 15) is 4.79 Å². The summed E-state index contributed by atoms with van der Waals surface area (Å²) in [7, 11) is 0. The Kier molecular flexibility index (Phi) is 5.83. The van der Waals surface area contributed by atoms with Crippen LogP contribution in [0.5, 0.6) is 5.75 Å². The molecule has 0 atom stereocenters. The van der Waals surface area contributed by atoms with E-state index in [2.05, 4.69) is 15.6 Å². The number of pyridine rings is 1.